The molecule has 0 spiro atoms. The molecule has 0 aromatic rings. The second kappa shape index (κ2) is 2.86. The summed E-state index contributed by atoms with van der Waals surface area (Å²) in [4.78, 5) is 0. The Morgan fingerprint density at radius 2 is 1.50 bits per heavy atom. The van der Waals surface area contributed by atoms with Gasteiger partial charge in [0.2, 0.25) is 0 Å². The molecule has 0 atom stereocenters. The Morgan fingerprint density at radius 3 is 1.50 bits per heavy atom. The van der Waals surface area contributed by atoms with E-state index in [4.69, 9.17) is 13.0 Å². The van der Waals surface area contributed by atoms with Gasteiger partial charge in [0.05, 0.1) is 0 Å². The molecule has 6 heavy (non-hydrogen) atoms. The van der Waals surface area contributed by atoms with Crippen LogP contribution in [0.25, 0.3) is 0 Å². The molecular weight excluding hydrogens is 171 g/mol. The molecule has 0 aliphatic heterocycles. The molecule has 0 fully saturated rings. The summed E-state index contributed by atoms with van der Waals surface area (Å²) in [7, 11) is -4.33. The zero-order valence-electron chi connectivity index (χ0n) is 2.37. The Morgan fingerprint density at radius 1 is 1.50 bits per heavy atom. The minimum absolute atomic E-state index is 0. The zero-order chi connectivity index (χ0) is 4.50. The second-order valence-corrected chi connectivity index (χ2v) is 2.45. The van der Waals surface area contributed by atoms with Gasteiger partial charge in [0.1, 0.15) is 0 Å². The quantitative estimate of drug-likeness (QED) is 0.266. The van der Waals surface area contributed by atoms with Gasteiger partial charge in [0.15, 0.2) is 0 Å². The average molecular weight is 171 g/mol. The Balaban J connectivity index is 0. The van der Waals surface area contributed by atoms with Crippen LogP contribution in [-0.2, 0) is 37.6 Å². The van der Waals surface area contributed by atoms with Crippen molar-refractivity contribution in [1.82, 2.24) is 0 Å². The smallest absolute Gasteiger partial charge is 0.768 e. The summed E-state index contributed by atoms with van der Waals surface area (Å²) in [5, 5.41) is 0. The van der Waals surface area contributed by atoms with Crippen LogP contribution in [0.5, 0.6) is 0 Å². The largest absolute Gasteiger partial charge is 2.00 e. The van der Waals surface area contributed by atoms with Crippen molar-refractivity contribution in [2.75, 3.05) is 0 Å². The fourth-order valence-electron chi connectivity index (χ4n) is 0. The van der Waals surface area contributed by atoms with Gasteiger partial charge in [-0.05, 0) is 9.15 Å². The topological polar surface area (TPSA) is 57.2 Å². The van der Waals surface area contributed by atoms with Crippen LogP contribution < -0.4 is 0 Å². The van der Waals surface area contributed by atoms with Crippen molar-refractivity contribution in [3.63, 3.8) is 0 Å². The maximum atomic E-state index is 8.89. The Kier molecular flexibility index (Phi) is 4.72. The van der Waals surface area contributed by atoms with Crippen molar-refractivity contribution in [3.05, 3.63) is 0 Å². The van der Waals surface area contributed by atoms with Gasteiger partial charge in [-0.15, -0.1) is 0 Å². The molecule has 0 aliphatic rings. The number of hydrogen-bond acceptors (Lipinski definition) is 4. The first kappa shape index (κ1) is 9.90. The predicted octanol–water partition coefficient (Wildman–Crippen LogP) is -1.01. The minimum atomic E-state index is -4.33. The summed E-state index contributed by atoms with van der Waals surface area (Å²) < 4.78 is 26.7. The molecule has 0 N–H and O–H groups in total. The van der Waals surface area contributed by atoms with Gasteiger partial charge in [0, 0.05) is 0 Å². The third-order valence-corrected chi connectivity index (χ3v) is 0. The van der Waals surface area contributed by atoms with Crippen LogP contribution in [0.3, 0.4) is 0 Å². The first-order valence-electron chi connectivity index (χ1n) is 0.667. The fraction of sp³-hybridized carbons (Fsp3) is 0. The van der Waals surface area contributed by atoms with E-state index in [1.165, 1.54) is 0 Å². The Labute approximate surface area is 50.9 Å². The minimum Gasteiger partial charge on any atom is -0.768 e. The molecule has 0 saturated heterocycles. The van der Waals surface area contributed by atoms with Gasteiger partial charge in [-0.25, -0.2) is 0 Å². The number of hydrogen-bond donors (Lipinski definition) is 0. The summed E-state index contributed by atoms with van der Waals surface area (Å²) in [6, 6.07) is 0. The van der Waals surface area contributed by atoms with Gasteiger partial charge < -0.3 is 16.2 Å². The van der Waals surface area contributed by atoms with Gasteiger partial charge in [0.25, 0.3) is 0 Å². The molecule has 6 heteroatoms. The van der Waals surface area contributed by atoms with Gasteiger partial charge in [-0.3, -0.25) is 8.42 Å². The maximum Gasteiger partial charge on any atom is 2.00 e. The summed E-state index contributed by atoms with van der Waals surface area (Å²) in [6.45, 7) is 0. The molecule has 1 radical (unpaired) electrons. The normalized spacial score (nSPS) is 9.67. The molecule has 0 aromatic carbocycles. The van der Waals surface area contributed by atoms with E-state index in [2.05, 4.69) is 11.7 Å². The average Bonchev–Trinajstić information content (AvgIpc) is 0.722. The SMILES string of the molecule is O=S(=O)([O-])[S-].[Co+2]. The zero-order valence-corrected chi connectivity index (χ0v) is 5.05. The summed E-state index contributed by atoms with van der Waals surface area (Å²) >= 11 is 3.24. The van der Waals surface area contributed by atoms with Gasteiger partial charge >= 0.3 is 16.8 Å². The maximum absolute atomic E-state index is 8.89. The van der Waals surface area contributed by atoms with Crippen LogP contribution in [0.15, 0.2) is 0 Å². The number of rotatable bonds is 0. The van der Waals surface area contributed by atoms with E-state index >= 15 is 0 Å². The molecule has 0 unspecified atom stereocenters. The van der Waals surface area contributed by atoms with E-state index < -0.39 is 9.15 Å². The van der Waals surface area contributed by atoms with Crippen LogP contribution >= 0.6 is 0 Å². The molecular formula is CoO3S2. The molecule has 0 saturated carbocycles. The summed E-state index contributed by atoms with van der Waals surface area (Å²) in [5.74, 6) is 0. The molecule has 3 nitrogen and oxygen atoms in total. The van der Waals surface area contributed by atoms with Crippen molar-refractivity contribution < 1.29 is 29.7 Å². The summed E-state index contributed by atoms with van der Waals surface area (Å²) in [6.07, 6.45) is 0. The van der Waals surface area contributed by atoms with E-state index in [9.17, 15) is 0 Å². The van der Waals surface area contributed by atoms with Crippen molar-refractivity contribution >= 4 is 20.8 Å². The van der Waals surface area contributed by atoms with E-state index in [1.54, 1.807) is 0 Å². The molecule has 0 bridgehead atoms. The van der Waals surface area contributed by atoms with Crippen molar-refractivity contribution in [2.24, 2.45) is 0 Å². The standard InChI is InChI=1S/Co.H2O3S2/c;1-5(2,3)4/h;(H2,1,2,3,4)/q+2;/p-2. The molecule has 39 valence electrons. The van der Waals surface area contributed by atoms with E-state index in [0.29, 0.717) is 0 Å². The van der Waals surface area contributed by atoms with Gasteiger partial charge in [-0.2, -0.15) is 0 Å². The third kappa shape index (κ3) is 115. The first-order chi connectivity index (χ1) is 2.00. The first-order valence-corrected chi connectivity index (χ1v) is 3.00. The second-order valence-electron chi connectivity index (χ2n) is 0.408. The van der Waals surface area contributed by atoms with Crippen LogP contribution in [-0.4, -0.2) is 13.0 Å². The van der Waals surface area contributed by atoms with Gasteiger partial charge in [-0.1, -0.05) is 0 Å². The Bertz CT molecular complexity index is 92.0. The van der Waals surface area contributed by atoms with Crippen LogP contribution in [0, 0.1) is 0 Å². The van der Waals surface area contributed by atoms with Crippen LogP contribution in [0.4, 0.5) is 0 Å². The van der Waals surface area contributed by atoms with E-state index in [-0.39, 0.29) is 16.8 Å². The van der Waals surface area contributed by atoms with Crippen molar-refractivity contribution in [3.8, 4) is 0 Å². The molecule has 0 aromatic heterocycles. The van der Waals surface area contributed by atoms with Crippen molar-refractivity contribution in [1.29, 1.82) is 0 Å². The van der Waals surface area contributed by atoms with Crippen molar-refractivity contribution in [2.45, 2.75) is 0 Å². The fourth-order valence-corrected chi connectivity index (χ4v) is 0. The van der Waals surface area contributed by atoms with E-state index in [1.807, 2.05) is 0 Å². The molecule has 0 heterocycles. The van der Waals surface area contributed by atoms with E-state index in [0.717, 1.165) is 0 Å². The third-order valence-electron chi connectivity index (χ3n) is 0. The van der Waals surface area contributed by atoms with Crippen LogP contribution in [0.2, 0.25) is 0 Å². The summed E-state index contributed by atoms with van der Waals surface area (Å²) in [5.41, 5.74) is 0. The Hall–Kier alpha value is 0.766. The molecule has 0 aliphatic carbocycles. The monoisotopic (exact) mass is 171 g/mol. The predicted molar refractivity (Wildman–Crippen MR) is 17.1 cm³/mol. The molecule has 0 amide bonds. The van der Waals surface area contributed by atoms with Crippen LogP contribution in [0.1, 0.15) is 0 Å². The molecule has 0 rings (SSSR count).